The molecular weight excluding hydrogens is 352 g/mol. The fraction of sp³-hybridized carbons (Fsp3) is 0.435. The number of carbonyl (C=O) groups is 1. The lowest BCUT2D eigenvalue weighted by molar-refractivity contribution is 0.0620. The Morgan fingerprint density at radius 3 is 2.43 bits per heavy atom. The van der Waals surface area contributed by atoms with Crippen molar-refractivity contribution in [1.82, 2.24) is 9.80 Å². The molecule has 1 aliphatic heterocycles. The lowest BCUT2D eigenvalue weighted by atomic mass is 10.1. The number of ether oxygens (including phenoxy) is 2. The summed E-state index contributed by atoms with van der Waals surface area (Å²) in [6.07, 6.45) is 0. The summed E-state index contributed by atoms with van der Waals surface area (Å²) in [6.45, 7) is 9.91. The zero-order valence-electron chi connectivity index (χ0n) is 16.9. The first-order valence-electron chi connectivity index (χ1n) is 10.0. The summed E-state index contributed by atoms with van der Waals surface area (Å²) in [4.78, 5) is 17.4. The first-order valence-corrected chi connectivity index (χ1v) is 10.0. The smallest absolute Gasteiger partial charge is 0.257 e. The Labute approximate surface area is 167 Å². The fourth-order valence-corrected chi connectivity index (χ4v) is 3.43. The average Bonchev–Trinajstić information content (AvgIpc) is 2.73. The Hall–Kier alpha value is -2.37. The predicted molar refractivity (Wildman–Crippen MR) is 111 cm³/mol. The molecule has 0 aromatic heterocycles. The highest BCUT2D eigenvalue weighted by atomic mass is 16.5. The number of nitrogens with zero attached hydrogens (tertiary/aromatic N) is 2. The fourth-order valence-electron chi connectivity index (χ4n) is 3.43. The van der Waals surface area contributed by atoms with E-state index in [9.17, 15) is 4.79 Å². The van der Waals surface area contributed by atoms with Gasteiger partial charge in [0.25, 0.3) is 5.91 Å². The van der Waals surface area contributed by atoms with E-state index in [2.05, 4.69) is 36.1 Å². The number of amides is 1. The van der Waals surface area contributed by atoms with Crippen LogP contribution in [0.25, 0.3) is 0 Å². The number of benzene rings is 2. The van der Waals surface area contributed by atoms with Gasteiger partial charge in [-0.15, -0.1) is 0 Å². The molecule has 3 rings (SSSR count). The van der Waals surface area contributed by atoms with Gasteiger partial charge in [-0.3, -0.25) is 9.69 Å². The van der Waals surface area contributed by atoms with Gasteiger partial charge >= 0.3 is 0 Å². The standard InChI is InChI=1S/C23H30N2O3/c1-3-27-16-17-28-22-11-7-6-10-21(22)23(26)25-14-12-24(13-15-25)18-20-9-5-4-8-19(20)2/h4-11H,3,12-18H2,1-2H3. The summed E-state index contributed by atoms with van der Waals surface area (Å²) in [5, 5.41) is 0. The Balaban J connectivity index is 1.56. The molecular formula is C23H30N2O3. The van der Waals surface area contributed by atoms with E-state index in [0.717, 1.165) is 32.7 Å². The first kappa shape index (κ1) is 20.4. The van der Waals surface area contributed by atoms with Crippen molar-refractivity contribution >= 4 is 5.91 Å². The molecule has 0 spiro atoms. The third-order valence-corrected chi connectivity index (χ3v) is 5.12. The summed E-state index contributed by atoms with van der Waals surface area (Å²) in [7, 11) is 0. The van der Waals surface area contributed by atoms with Crippen LogP contribution < -0.4 is 4.74 Å². The quantitative estimate of drug-likeness (QED) is 0.657. The van der Waals surface area contributed by atoms with E-state index in [0.29, 0.717) is 31.1 Å². The SMILES string of the molecule is CCOCCOc1ccccc1C(=O)N1CCN(Cc2ccccc2C)CC1. The molecule has 1 aliphatic rings. The molecule has 1 heterocycles. The van der Waals surface area contributed by atoms with Gasteiger partial charge in [-0.2, -0.15) is 0 Å². The van der Waals surface area contributed by atoms with Crippen molar-refractivity contribution in [3.63, 3.8) is 0 Å². The van der Waals surface area contributed by atoms with Crippen LogP contribution >= 0.6 is 0 Å². The molecule has 1 fully saturated rings. The van der Waals surface area contributed by atoms with E-state index in [4.69, 9.17) is 9.47 Å². The number of para-hydroxylation sites is 1. The van der Waals surface area contributed by atoms with Crippen LogP contribution in [-0.2, 0) is 11.3 Å². The number of hydrogen-bond acceptors (Lipinski definition) is 4. The van der Waals surface area contributed by atoms with Crippen LogP contribution in [0.2, 0.25) is 0 Å². The van der Waals surface area contributed by atoms with Crippen molar-refractivity contribution in [2.45, 2.75) is 20.4 Å². The molecule has 1 amide bonds. The zero-order chi connectivity index (χ0) is 19.8. The van der Waals surface area contributed by atoms with Gasteiger partial charge < -0.3 is 14.4 Å². The molecule has 5 heteroatoms. The van der Waals surface area contributed by atoms with E-state index >= 15 is 0 Å². The highest BCUT2D eigenvalue weighted by Gasteiger charge is 2.24. The van der Waals surface area contributed by atoms with Crippen molar-refractivity contribution < 1.29 is 14.3 Å². The third-order valence-electron chi connectivity index (χ3n) is 5.12. The molecule has 2 aromatic rings. The monoisotopic (exact) mass is 382 g/mol. The second-order valence-corrected chi connectivity index (χ2v) is 7.04. The molecule has 0 aliphatic carbocycles. The van der Waals surface area contributed by atoms with Crippen LogP contribution in [0, 0.1) is 6.92 Å². The van der Waals surface area contributed by atoms with Crippen LogP contribution in [0.3, 0.4) is 0 Å². The minimum absolute atomic E-state index is 0.0440. The molecule has 150 valence electrons. The van der Waals surface area contributed by atoms with Crippen molar-refractivity contribution in [2.24, 2.45) is 0 Å². The van der Waals surface area contributed by atoms with E-state index in [1.165, 1.54) is 11.1 Å². The van der Waals surface area contributed by atoms with Gasteiger partial charge in [0.05, 0.1) is 12.2 Å². The highest BCUT2D eigenvalue weighted by Crippen LogP contribution is 2.21. The molecule has 1 saturated heterocycles. The predicted octanol–water partition coefficient (Wildman–Crippen LogP) is 3.37. The van der Waals surface area contributed by atoms with Crippen molar-refractivity contribution in [3.8, 4) is 5.75 Å². The molecule has 0 unspecified atom stereocenters. The van der Waals surface area contributed by atoms with Gasteiger partial charge in [-0.25, -0.2) is 0 Å². The Kier molecular flexibility index (Phi) is 7.46. The van der Waals surface area contributed by atoms with E-state index in [-0.39, 0.29) is 5.91 Å². The summed E-state index contributed by atoms with van der Waals surface area (Å²) in [6, 6.07) is 16.0. The van der Waals surface area contributed by atoms with Crippen LogP contribution in [0.5, 0.6) is 5.75 Å². The van der Waals surface area contributed by atoms with E-state index < -0.39 is 0 Å². The van der Waals surface area contributed by atoms with Crippen LogP contribution in [0.4, 0.5) is 0 Å². The Morgan fingerprint density at radius 1 is 0.964 bits per heavy atom. The third kappa shape index (κ3) is 5.33. The van der Waals surface area contributed by atoms with Crippen molar-refractivity contribution in [3.05, 3.63) is 65.2 Å². The van der Waals surface area contributed by atoms with Crippen LogP contribution in [0.15, 0.2) is 48.5 Å². The van der Waals surface area contributed by atoms with Gasteiger partial charge in [-0.05, 0) is 37.1 Å². The maximum absolute atomic E-state index is 13.0. The Morgan fingerprint density at radius 2 is 1.68 bits per heavy atom. The molecule has 0 radical (unpaired) electrons. The highest BCUT2D eigenvalue weighted by molar-refractivity contribution is 5.97. The average molecular weight is 383 g/mol. The first-order chi connectivity index (χ1) is 13.7. The normalized spacial score (nSPS) is 14.9. The minimum atomic E-state index is 0.0440. The maximum atomic E-state index is 13.0. The van der Waals surface area contributed by atoms with Crippen molar-refractivity contribution in [1.29, 1.82) is 0 Å². The lowest BCUT2D eigenvalue weighted by Crippen LogP contribution is -2.48. The Bertz CT molecular complexity index is 770. The van der Waals surface area contributed by atoms with Crippen LogP contribution in [-0.4, -0.2) is 61.7 Å². The second-order valence-electron chi connectivity index (χ2n) is 7.04. The minimum Gasteiger partial charge on any atom is -0.490 e. The van der Waals surface area contributed by atoms with Gasteiger partial charge in [0.1, 0.15) is 12.4 Å². The van der Waals surface area contributed by atoms with Gasteiger partial charge in [0.15, 0.2) is 0 Å². The van der Waals surface area contributed by atoms with Gasteiger partial charge in [0.2, 0.25) is 0 Å². The molecule has 2 aromatic carbocycles. The maximum Gasteiger partial charge on any atom is 0.257 e. The topological polar surface area (TPSA) is 42.0 Å². The number of hydrogen-bond donors (Lipinski definition) is 0. The summed E-state index contributed by atoms with van der Waals surface area (Å²) in [5.41, 5.74) is 3.31. The molecule has 28 heavy (non-hydrogen) atoms. The molecule has 0 N–H and O–H groups in total. The summed E-state index contributed by atoms with van der Waals surface area (Å²) in [5.74, 6) is 0.678. The summed E-state index contributed by atoms with van der Waals surface area (Å²) < 4.78 is 11.1. The number of carbonyl (C=O) groups excluding carboxylic acids is 1. The zero-order valence-corrected chi connectivity index (χ0v) is 16.9. The van der Waals surface area contributed by atoms with Crippen molar-refractivity contribution in [2.75, 3.05) is 46.0 Å². The molecule has 0 atom stereocenters. The molecule has 0 bridgehead atoms. The number of piperazine rings is 1. The van der Waals surface area contributed by atoms with Crippen LogP contribution in [0.1, 0.15) is 28.4 Å². The summed E-state index contributed by atoms with van der Waals surface area (Å²) >= 11 is 0. The second kappa shape index (κ2) is 10.2. The van der Waals surface area contributed by atoms with E-state index in [1.54, 1.807) is 0 Å². The largest absolute Gasteiger partial charge is 0.490 e. The lowest BCUT2D eigenvalue weighted by Gasteiger charge is -2.35. The molecule has 5 nitrogen and oxygen atoms in total. The number of rotatable bonds is 8. The number of aryl methyl sites for hydroxylation is 1. The van der Waals surface area contributed by atoms with Gasteiger partial charge in [-0.1, -0.05) is 36.4 Å². The molecule has 0 saturated carbocycles. The van der Waals surface area contributed by atoms with E-state index in [1.807, 2.05) is 36.1 Å². The van der Waals surface area contributed by atoms with Gasteiger partial charge in [0, 0.05) is 39.3 Å².